The molecule has 0 spiro atoms. The van der Waals surface area contributed by atoms with E-state index in [-0.39, 0.29) is 10.8 Å². The monoisotopic (exact) mass is 454 g/mol. The topological polar surface area (TPSA) is 98.5 Å². The van der Waals surface area contributed by atoms with Gasteiger partial charge in [-0.05, 0) is 64.8 Å². The molecule has 6 nitrogen and oxygen atoms in total. The molecule has 0 saturated carbocycles. The van der Waals surface area contributed by atoms with Crippen molar-refractivity contribution in [1.29, 1.82) is 0 Å². The van der Waals surface area contributed by atoms with Crippen molar-refractivity contribution in [1.82, 2.24) is 0 Å². The van der Waals surface area contributed by atoms with Crippen LogP contribution in [-0.4, -0.2) is 20.9 Å². The van der Waals surface area contributed by atoms with Crippen molar-refractivity contribution in [2.75, 3.05) is 11.9 Å². The molecule has 0 saturated heterocycles. The fourth-order valence-corrected chi connectivity index (χ4v) is 3.41. The van der Waals surface area contributed by atoms with Crippen molar-refractivity contribution in [3.63, 3.8) is 0 Å². The molecule has 0 bridgehead atoms. The SMILES string of the molecule is CCCCCCOc1ccc(C(=O)Nc2ccc(S(N)(=O)=O)cc2)cc1Br. The van der Waals surface area contributed by atoms with E-state index in [2.05, 4.69) is 28.2 Å². The number of nitrogens with one attached hydrogen (secondary N) is 1. The predicted molar refractivity (Wildman–Crippen MR) is 110 cm³/mol. The van der Waals surface area contributed by atoms with Gasteiger partial charge in [-0.3, -0.25) is 4.79 Å². The molecule has 0 radical (unpaired) electrons. The van der Waals surface area contributed by atoms with Crippen molar-refractivity contribution in [3.8, 4) is 5.75 Å². The molecule has 0 aromatic heterocycles. The molecule has 2 aromatic rings. The number of carbonyl (C=O) groups excluding carboxylic acids is 1. The third-order valence-electron chi connectivity index (χ3n) is 3.89. The molecule has 0 aliphatic heterocycles. The fourth-order valence-electron chi connectivity index (χ4n) is 2.40. The lowest BCUT2D eigenvalue weighted by molar-refractivity contribution is 0.102. The van der Waals surface area contributed by atoms with E-state index < -0.39 is 10.0 Å². The third kappa shape index (κ3) is 6.64. The molecule has 0 fully saturated rings. The standard InChI is InChI=1S/C19H23BrN2O4S/c1-2-3-4-5-12-26-18-11-6-14(13-17(18)20)19(23)22-15-7-9-16(10-8-15)27(21,24)25/h6-11,13H,2-5,12H2,1H3,(H,22,23)(H2,21,24,25). The number of unbranched alkanes of at least 4 members (excludes halogenated alkanes) is 3. The lowest BCUT2D eigenvalue weighted by Crippen LogP contribution is -2.14. The van der Waals surface area contributed by atoms with Crippen LogP contribution < -0.4 is 15.2 Å². The Morgan fingerprint density at radius 2 is 1.81 bits per heavy atom. The minimum absolute atomic E-state index is 0.0105. The lowest BCUT2D eigenvalue weighted by atomic mass is 10.2. The number of benzene rings is 2. The van der Waals surface area contributed by atoms with Crippen LogP contribution in [-0.2, 0) is 10.0 Å². The molecule has 2 aromatic carbocycles. The van der Waals surface area contributed by atoms with Crippen LogP contribution in [0.3, 0.4) is 0 Å². The van der Waals surface area contributed by atoms with Crippen LogP contribution in [0, 0.1) is 0 Å². The molecular weight excluding hydrogens is 432 g/mol. The molecular formula is C19H23BrN2O4S. The Morgan fingerprint density at radius 3 is 2.41 bits per heavy atom. The molecule has 146 valence electrons. The zero-order valence-electron chi connectivity index (χ0n) is 15.1. The number of sulfonamides is 1. The molecule has 0 unspecified atom stereocenters. The van der Waals surface area contributed by atoms with Gasteiger partial charge < -0.3 is 10.1 Å². The number of halogens is 1. The molecule has 0 aliphatic carbocycles. The normalized spacial score (nSPS) is 11.2. The van der Waals surface area contributed by atoms with E-state index in [0.29, 0.717) is 28.1 Å². The van der Waals surface area contributed by atoms with E-state index >= 15 is 0 Å². The second-order valence-electron chi connectivity index (χ2n) is 6.08. The summed E-state index contributed by atoms with van der Waals surface area (Å²) in [7, 11) is -3.76. The average Bonchev–Trinajstić information content (AvgIpc) is 2.62. The highest BCUT2D eigenvalue weighted by Crippen LogP contribution is 2.27. The second-order valence-corrected chi connectivity index (χ2v) is 8.49. The molecule has 0 atom stereocenters. The summed E-state index contributed by atoms with van der Waals surface area (Å²) >= 11 is 3.43. The number of rotatable bonds is 9. The van der Waals surface area contributed by atoms with Crippen molar-refractivity contribution in [3.05, 3.63) is 52.5 Å². The minimum atomic E-state index is -3.76. The van der Waals surface area contributed by atoms with Crippen molar-refractivity contribution in [2.24, 2.45) is 5.14 Å². The van der Waals surface area contributed by atoms with Gasteiger partial charge in [-0.25, -0.2) is 13.6 Å². The number of ether oxygens (including phenoxy) is 1. The minimum Gasteiger partial charge on any atom is -0.492 e. The van der Waals surface area contributed by atoms with E-state index in [1.165, 1.54) is 37.1 Å². The maximum Gasteiger partial charge on any atom is 0.255 e. The Bertz CT molecular complexity index is 883. The van der Waals surface area contributed by atoms with Gasteiger partial charge in [0.2, 0.25) is 10.0 Å². The first-order valence-electron chi connectivity index (χ1n) is 8.68. The summed E-state index contributed by atoms with van der Waals surface area (Å²) < 4.78 is 29.0. The maximum atomic E-state index is 12.4. The molecule has 3 N–H and O–H groups in total. The van der Waals surface area contributed by atoms with Gasteiger partial charge >= 0.3 is 0 Å². The van der Waals surface area contributed by atoms with Crippen LogP contribution in [0.4, 0.5) is 5.69 Å². The summed E-state index contributed by atoms with van der Waals surface area (Å²) in [5.41, 5.74) is 0.926. The summed E-state index contributed by atoms with van der Waals surface area (Å²) in [5, 5.41) is 7.77. The Kier molecular flexibility index (Phi) is 7.82. The first-order chi connectivity index (χ1) is 12.8. The van der Waals surface area contributed by atoms with Gasteiger partial charge in [0.25, 0.3) is 5.91 Å². The highest BCUT2D eigenvalue weighted by Gasteiger charge is 2.11. The second kappa shape index (κ2) is 9.87. The molecule has 1 amide bonds. The summed E-state index contributed by atoms with van der Waals surface area (Å²) in [6.45, 7) is 2.80. The Hall–Kier alpha value is -1.90. The van der Waals surface area contributed by atoms with E-state index in [4.69, 9.17) is 9.88 Å². The first-order valence-corrected chi connectivity index (χ1v) is 11.0. The quantitative estimate of drug-likeness (QED) is 0.551. The van der Waals surface area contributed by atoms with E-state index in [1.54, 1.807) is 18.2 Å². The van der Waals surface area contributed by atoms with Crippen LogP contribution in [0.1, 0.15) is 43.0 Å². The largest absolute Gasteiger partial charge is 0.492 e. The number of anilines is 1. The molecule has 8 heteroatoms. The number of nitrogens with two attached hydrogens (primary N) is 1. The van der Waals surface area contributed by atoms with Crippen LogP contribution in [0.25, 0.3) is 0 Å². The zero-order chi connectivity index (χ0) is 19.9. The van der Waals surface area contributed by atoms with Crippen LogP contribution >= 0.6 is 15.9 Å². The highest BCUT2D eigenvalue weighted by molar-refractivity contribution is 9.10. The predicted octanol–water partition coefficient (Wildman–Crippen LogP) is 4.31. The highest BCUT2D eigenvalue weighted by atomic mass is 79.9. The summed E-state index contributed by atoms with van der Waals surface area (Å²) in [4.78, 5) is 12.4. The Morgan fingerprint density at radius 1 is 1.11 bits per heavy atom. The third-order valence-corrected chi connectivity index (χ3v) is 5.44. The van der Waals surface area contributed by atoms with Gasteiger partial charge in [0.1, 0.15) is 5.75 Å². The van der Waals surface area contributed by atoms with Gasteiger partial charge in [-0.15, -0.1) is 0 Å². The lowest BCUT2D eigenvalue weighted by Gasteiger charge is -2.10. The maximum absolute atomic E-state index is 12.4. The molecule has 0 aliphatic rings. The van der Waals surface area contributed by atoms with Crippen molar-refractivity contribution in [2.45, 2.75) is 37.5 Å². The van der Waals surface area contributed by atoms with Crippen molar-refractivity contribution >= 4 is 37.5 Å². The molecule has 2 rings (SSSR count). The summed E-state index contributed by atoms with van der Waals surface area (Å²) in [6.07, 6.45) is 4.51. The smallest absolute Gasteiger partial charge is 0.255 e. The van der Waals surface area contributed by atoms with Crippen molar-refractivity contribution < 1.29 is 17.9 Å². The van der Waals surface area contributed by atoms with Crippen LogP contribution in [0.15, 0.2) is 51.8 Å². The number of hydrogen-bond acceptors (Lipinski definition) is 4. The first kappa shape index (κ1) is 21.4. The van der Waals surface area contributed by atoms with Gasteiger partial charge in [0.05, 0.1) is 16.0 Å². The van der Waals surface area contributed by atoms with Gasteiger partial charge in [-0.1, -0.05) is 26.2 Å². The van der Waals surface area contributed by atoms with Gasteiger partial charge in [-0.2, -0.15) is 0 Å². The number of primary sulfonamides is 1. The average molecular weight is 455 g/mol. The number of carbonyl (C=O) groups is 1. The number of amides is 1. The van der Waals surface area contributed by atoms with Gasteiger partial charge in [0, 0.05) is 11.3 Å². The number of hydrogen-bond donors (Lipinski definition) is 2. The van der Waals surface area contributed by atoms with E-state index in [0.717, 1.165) is 12.8 Å². The van der Waals surface area contributed by atoms with Crippen LogP contribution in [0.2, 0.25) is 0 Å². The van der Waals surface area contributed by atoms with Gasteiger partial charge in [0.15, 0.2) is 0 Å². The summed E-state index contributed by atoms with van der Waals surface area (Å²) in [5.74, 6) is 0.383. The van der Waals surface area contributed by atoms with E-state index in [1.807, 2.05) is 0 Å². The van der Waals surface area contributed by atoms with E-state index in [9.17, 15) is 13.2 Å². The molecule has 27 heavy (non-hydrogen) atoms. The molecule has 0 heterocycles. The Labute approximate surface area is 168 Å². The zero-order valence-corrected chi connectivity index (χ0v) is 17.5. The fraction of sp³-hybridized carbons (Fsp3) is 0.316. The summed E-state index contributed by atoms with van der Waals surface area (Å²) in [6, 6.07) is 10.8. The van der Waals surface area contributed by atoms with Crippen LogP contribution in [0.5, 0.6) is 5.75 Å². The Balaban J connectivity index is 1.97.